The van der Waals surface area contributed by atoms with Gasteiger partial charge in [0.15, 0.2) is 11.4 Å². The molecule has 1 saturated heterocycles. The van der Waals surface area contributed by atoms with Crippen molar-refractivity contribution in [2.45, 2.75) is 78.0 Å². The molecule has 184 valence electrons. The quantitative estimate of drug-likeness (QED) is 0.583. The minimum atomic E-state index is -0.862. The summed E-state index contributed by atoms with van der Waals surface area (Å²) < 4.78 is 21.7. The van der Waals surface area contributed by atoms with Gasteiger partial charge in [-0.25, -0.2) is 9.78 Å². The molecular formula is C24H36N2O7. The average molecular weight is 465 g/mol. The summed E-state index contributed by atoms with van der Waals surface area (Å²) in [6, 6.07) is 0.618. The Hall–Kier alpha value is -2.68. The minimum Gasteiger partial charge on any atom is -0.493 e. The first-order chi connectivity index (χ1) is 15.7. The van der Waals surface area contributed by atoms with Crippen LogP contribution >= 0.6 is 0 Å². The number of aromatic nitrogens is 1. The maximum Gasteiger partial charge on any atom is 0.329 e. The van der Waals surface area contributed by atoms with Crippen LogP contribution in [0.5, 0.6) is 11.5 Å². The van der Waals surface area contributed by atoms with Crippen molar-refractivity contribution in [2.24, 2.45) is 11.8 Å². The molecule has 0 bridgehead atoms. The highest BCUT2D eigenvalue weighted by Crippen LogP contribution is 2.31. The van der Waals surface area contributed by atoms with Gasteiger partial charge in [-0.1, -0.05) is 26.7 Å². The van der Waals surface area contributed by atoms with Crippen molar-refractivity contribution in [3.05, 3.63) is 18.0 Å². The van der Waals surface area contributed by atoms with Gasteiger partial charge in [-0.15, -0.1) is 0 Å². The summed E-state index contributed by atoms with van der Waals surface area (Å²) in [5.74, 6) is -0.885. The summed E-state index contributed by atoms with van der Waals surface area (Å²) in [4.78, 5) is 41.5. The van der Waals surface area contributed by atoms with Crippen LogP contribution in [-0.2, 0) is 19.1 Å². The number of rotatable bonds is 8. The van der Waals surface area contributed by atoms with Crippen LogP contribution in [0.25, 0.3) is 0 Å². The number of amides is 1. The third-order valence-electron chi connectivity index (χ3n) is 5.82. The van der Waals surface area contributed by atoms with Crippen LogP contribution in [0.15, 0.2) is 12.3 Å². The van der Waals surface area contributed by atoms with Crippen LogP contribution in [0.2, 0.25) is 0 Å². The molecule has 1 aliphatic rings. The number of nitrogens with zero attached hydrogens (tertiary/aromatic N) is 1. The van der Waals surface area contributed by atoms with Crippen molar-refractivity contribution in [3.63, 3.8) is 0 Å². The molecular weight excluding hydrogens is 428 g/mol. The molecule has 0 aliphatic carbocycles. The molecule has 1 fully saturated rings. The topological polar surface area (TPSA) is 113 Å². The Morgan fingerprint density at radius 1 is 1.27 bits per heavy atom. The molecule has 4 atom stereocenters. The highest BCUT2D eigenvalue weighted by Gasteiger charge is 2.35. The van der Waals surface area contributed by atoms with Crippen molar-refractivity contribution in [1.82, 2.24) is 10.3 Å². The Morgan fingerprint density at radius 3 is 2.61 bits per heavy atom. The molecule has 0 aromatic carbocycles. The largest absolute Gasteiger partial charge is 0.493 e. The Labute approximate surface area is 195 Å². The summed E-state index contributed by atoms with van der Waals surface area (Å²) in [6.07, 6.45) is 4.74. The Morgan fingerprint density at radius 2 is 2.00 bits per heavy atom. The van der Waals surface area contributed by atoms with Crippen molar-refractivity contribution in [3.8, 4) is 11.5 Å². The van der Waals surface area contributed by atoms with E-state index in [1.165, 1.54) is 26.3 Å². The Balaban J connectivity index is 2.20. The smallest absolute Gasteiger partial charge is 0.329 e. The maximum atomic E-state index is 13.0. The number of cyclic esters (lactones) is 1. The van der Waals surface area contributed by atoms with Crippen molar-refractivity contribution >= 4 is 17.8 Å². The second kappa shape index (κ2) is 12.5. The number of esters is 2. The van der Waals surface area contributed by atoms with Crippen molar-refractivity contribution < 1.29 is 33.3 Å². The van der Waals surface area contributed by atoms with E-state index in [1.807, 2.05) is 6.92 Å². The van der Waals surface area contributed by atoms with Gasteiger partial charge in [-0.2, -0.15) is 0 Å². The van der Waals surface area contributed by atoms with Gasteiger partial charge in [0, 0.05) is 26.3 Å². The standard InChI is InChI=1S/C24H36N2O7/c1-14(2)10-11-17-8-7-9-18(24(29)32-15(3)21(17)31-6)26-23(28)20-22(33-16(4)27)19(30-5)12-13-25-20/h12-15,17-18,21H,7-11H2,1-6H3,(H,26,28). The maximum absolute atomic E-state index is 13.0. The first kappa shape index (κ1) is 26.6. The van der Waals surface area contributed by atoms with Gasteiger partial charge in [-0.05, 0) is 38.0 Å². The van der Waals surface area contributed by atoms with Gasteiger partial charge < -0.3 is 24.3 Å². The molecule has 2 heterocycles. The number of pyridine rings is 1. The normalized spacial score (nSPS) is 23.7. The summed E-state index contributed by atoms with van der Waals surface area (Å²) in [7, 11) is 3.03. The van der Waals surface area contributed by atoms with E-state index in [1.54, 1.807) is 7.11 Å². The predicted molar refractivity (Wildman–Crippen MR) is 121 cm³/mol. The molecule has 1 N–H and O–H groups in total. The zero-order valence-corrected chi connectivity index (χ0v) is 20.4. The van der Waals surface area contributed by atoms with Gasteiger partial charge in [0.1, 0.15) is 12.1 Å². The SMILES string of the molecule is COc1ccnc(C(=O)NC2CCCC(CCC(C)C)C(OC)C(C)OC2=O)c1OC(C)=O. The van der Waals surface area contributed by atoms with Crippen molar-refractivity contribution in [1.29, 1.82) is 0 Å². The number of hydrogen-bond acceptors (Lipinski definition) is 8. The van der Waals surface area contributed by atoms with E-state index in [4.69, 9.17) is 18.9 Å². The molecule has 2 rings (SSSR count). The number of carbonyl (C=O) groups excluding carboxylic acids is 3. The van der Waals surface area contributed by atoms with Crippen LogP contribution in [-0.4, -0.2) is 55.3 Å². The Bertz CT molecular complexity index is 827. The van der Waals surface area contributed by atoms with E-state index in [-0.39, 0.29) is 29.2 Å². The molecule has 33 heavy (non-hydrogen) atoms. The molecule has 0 saturated carbocycles. The first-order valence-electron chi connectivity index (χ1n) is 11.4. The molecule has 0 radical (unpaired) electrons. The molecule has 1 aromatic rings. The molecule has 0 spiro atoms. The zero-order valence-electron chi connectivity index (χ0n) is 20.4. The van der Waals surface area contributed by atoms with E-state index in [0.717, 1.165) is 25.7 Å². The van der Waals surface area contributed by atoms with E-state index in [0.29, 0.717) is 12.3 Å². The number of nitrogens with one attached hydrogen (secondary N) is 1. The minimum absolute atomic E-state index is 0.0944. The molecule has 1 aromatic heterocycles. The molecule has 1 aliphatic heterocycles. The zero-order chi connectivity index (χ0) is 24.5. The van der Waals surface area contributed by atoms with Gasteiger partial charge in [0.25, 0.3) is 5.91 Å². The molecule has 9 heteroatoms. The summed E-state index contributed by atoms with van der Waals surface area (Å²) in [6.45, 7) is 7.40. The fraction of sp³-hybridized carbons (Fsp3) is 0.667. The van der Waals surface area contributed by atoms with E-state index < -0.39 is 30.0 Å². The van der Waals surface area contributed by atoms with Crippen LogP contribution in [0.4, 0.5) is 0 Å². The third-order valence-corrected chi connectivity index (χ3v) is 5.82. The fourth-order valence-electron chi connectivity index (χ4n) is 4.18. The lowest BCUT2D eigenvalue weighted by atomic mass is 9.86. The summed E-state index contributed by atoms with van der Waals surface area (Å²) >= 11 is 0. The van der Waals surface area contributed by atoms with Crippen LogP contribution in [0, 0.1) is 11.8 Å². The highest BCUT2D eigenvalue weighted by atomic mass is 16.6. The number of methoxy groups -OCH3 is 2. The van der Waals surface area contributed by atoms with Crippen LogP contribution in [0.1, 0.15) is 70.3 Å². The summed E-state index contributed by atoms with van der Waals surface area (Å²) in [5.41, 5.74) is -0.144. The van der Waals surface area contributed by atoms with Crippen LogP contribution in [0.3, 0.4) is 0 Å². The summed E-state index contributed by atoms with van der Waals surface area (Å²) in [5, 5.41) is 2.70. The van der Waals surface area contributed by atoms with Gasteiger partial charge in [0.05, 0.1) is 13.2 Å². The monoisotopic (exact) mass is 464 g/mol. The predicted octanol–water partition coefficient (Wildman–Crippen LogP) is 3.30. The number of carbonyl (C=O) groups is 3. The number of hydrogen-bond donors (Lipinski definition) is 1. The first-order valence-corrected chi connectivity index (χ1v) is 11.4. The average Bonchev–Trinajstić information content (AvgIpc) is 2.80. The highest BCUT2D eigenvalue weighted by molar-refractivity contribution is 5.98. The molecule has 9 nitrogen and oxygen atoms in total. The molecule has 1 amide bonds. The number of ether oxygens (including phenoxy) is 4. The van der Waals surface area contributed by atoms with Gasteiger partial charge in [0.2, 0.25) is 5.75 Å². The van der Waals surface area contributed by atoms with E-state index >= 15 is 0 Å². The Kier molecular flexibility index (Phi) is 10.1. The second-order valence-corrected chi connectivity index (χ2v) is 8.82. The lowest BCUT2D eigenvalue weighted by Gasteiger charge is -2.30. The van der Waals surface area contributed by atoms with Gasteiger partial charge in [-0.3, -0.25) is 9.59 Å². The third kappa shape index (κ3) is 7.42. The van der Waals surface area contributed by atoms with Crippen molar-refractivity contribution in [2.75, 3.05) is 14.2 Å². The van der Waals surface area contributed by atoms with E-state index in [2.05, 4.69) is 24.1 Å². The lowest BCUT2D eigenvalue weighted by Crippen LogP contribution is -2.44. The molecule has 4 unspecified atom stereocenters. The van der Waals surface area contributed by atoms with E-state index in [9.17, 15) is 14.4 Å². The van der Waals surface area contributed by atoms with Gasteiger partial charge >= 0.3 is 11.9 Å². The second-order valence-electron chi connectivity index (χ2n) is 8.82. The fourth-order valence-corrected chi connectivity index (χ4v) is 4.18. The lowest BCUT2D eigenvalue weighted by molar-refractivity contribution is -0.159. The van der Waals surface area contributed by atoms with Crippen LogP contribution < -0.4 is 14.8 Å².